The second kappa shape index (κ2) is 15.0. The van der Waals surface area contributed by atoms with E-state index < -0.39 is 0 Å². The number of hydrogen-bond acceptors (Lipinski definition) is 4. The predicted octanol–water partition coefficient (Wildman–Crippen LogP) is 14.7. The summed E-state index contributed by atoms with van der Waals surface area (Å²) in [5.41, 5.74) is 21.9. The zero-order valence-corrected chi connectivity index (χ0v) is 36.3. The molecule has 4 nitrogen and oxygen atoms in total. The molecule has 4 bridgehead atoms. The summed E-state index contributed by atoms with van der Waals surface area (Å²) in [6.45, 7) is 7.06. The van der Waals surface area contributed by atoms with Crippen LogP contribution < -0.4 is 14.5 Å². The fourth-order valence-corrected chi connectivity index (χ4v) is 11.4. The molecule has 310 valence electrons. The fourth-order valence-electron chi connectivity index (χ4n) is 11.4. The molecule has 0 spiro atoms. The highest BCUT2D eigenvalue weighted by molar-refractivity contribution is 5.90. The van der Waals surface area contributed by atoms with E-state index in [0.717, 1.165) is 47.0 Å². The quantitative estimate of drug-likeness (QED) is 0.153. The lowest BCUT2D eigenvalue weighted by Gasteiger charge is -2.41. The van der Waals surface area contributed by atoms with Gasteiger partial charge in [0.15, 0.2) is 0 Å². The third-order valence-electron chi connectivity index (χ3n) is 15.0. The van der Waals surface area contributed by atoms with Crippen molar-refractivity contribution in [2.45, 2.75) is 70.4 Å². The van der Waals surface area contributed by atoms with Crippen LogP contribution in [-0.4, -0.2) is 6.10 Å². The molecule has 0 saturated heterocycles. The number of anilines is 3. The molecule has 1 aromatic heterocycles. The van der Waals surface area contributed by atoms with Crippen molar-refractivity contribution in [3.8, 4) is 5.75 Å². The lowest BCUT2D eigenvalue weighted by Crippen LogP contribution is -2.36. The number of allylic oxidation sites excluding steroid dienone is 11. The van der Waals surface area contributed by atoms with E-state index >= 15 is 0 Å². The first-order valence-electron chi connectivity index (χ1n) is 23.1. The molecule has 4 aromatic carbocycles. The van der Waals surface area contributed by atoms with Crippen molar-refractivity contribution in [2.75, 3.05) is 9.80 Å². The highest BCUT2D eigenvalue weighted by atomic mass is 16.5. The molecular formula is C59H52N2O2. The van der Waals surface area contributed by atoms with Crippen molar-refractivity contribution in [1.29, 1.82) is 0 Å². The molecule has 0 amide bonds. The minimum atomic E-state index is -0.224. The van der Waals surface area contributed by atoms with E-state index in [2.05, 4.69) is 206 Å². The summed E-state index contributed by atoms with van der Waals surface area (Å²) in [7, 11) is 0. The van der Waals surface area contributed by atoms with Crippen molar-refractivity contribution in [1.82, 2.24) is 0 Å². The van der Waals surface area contributed by atoms with E-state index in [1.807, 2.05) is 0 Å². The minimum Gasteiger partial charge on any atom is -0.483 e. The summed E-state index contributed by atoms with van der Waals surface area (Å²) in [6.07, 6.45) is 28.8. The van der Waals surface area contributed by atoms with Gasteiger partial charge in [0.05, 0.1) is 28.5 Å². The van der Waals surface area contributed by atoms with Gasteiger partial charge in [0, 0.05) is 51.2 Å². The Bertz CT molecular complexity index is 3010. The maximum Gasteiger partial charge on any atom is 0.148 e. The van der Waals surface area contributed by atoms with Gasteiger partial charge in [0.25, 0.3) is 0 Å². The molecule has 12 rings (SSSR count). The van der Waals surface area contributed by atoms with Crippen molar-refractivity contribution in [3.63, 3.8) is 0 Å². The first-order valence-corrected chi connectivity index (χ1v) is 23.1. The van der Waals surface area contributed by atoms with E-state index in [1.165, 1.54) is 69.5 Å². The summed E-state index contributed by atoms with van der Waals surface area (Å²) in [4.78, 5) is 5.02. The minimum absolute atomic E-state index is 0.0358. The fraction of sp³-hybridized carbons (Fsp3) is 0.254. The highest BCUT2D eigenvalue weighted by Crippen LogP contribution is 2.55. The normalized spacial score (nSPS) is 27.3. The van der Waals surface area contributed by atoms with Crippen molar-refractivity contribution in [3.05, 3.63) is 220 Å². The Hall–Kier alpha value is -6.70. The molecule has 5 aromatic rings. The maximum atomic E-state index is 6.97. The molecule has 1 fully saturated rings. The van der Waals surface area contributed by atoms with Gasteiger partial charge in [-0.2, -0.15) is 0 Å². The lowest BCUT2D eigenvalue weighted by molar-refractivity contribution is 0.228. The molecule has 1 aliphatic heterocycles. The third-order valence-corrected chi connectivity index (χ3v) is 15.0. The predicted molar refractivity (Wildman–Crippen MR) is 257 cm³/mol. The Balaban J connectivity index is 1.04. The van der Waals surface area contributed by atoms with Gasteiger partial charge in [-0.05, 0) is 110 Å². The number of nitrogens with zero attached hydrogens (tertiary/aromatic N) is 2. The number of hydrogen-bond donors (Lipinski definition) is 0. The van der Waals surface area contributed by atoms with Crippen LogP contribution >= 0.6 is 0 Å². The second-order valence-corrected chi connectivity index (χ2v) is 18.7. The highest BCUT2D eigenvalue weighted by Gasteiger charge is 2.46. The van der Waals surface area contributed by atoms with Gasteiger partial charge in [-0.1, -0.05) is 141 Å². The summed E-state index contributed by atoms with van der Waals surface area (Å²) in [6, 6.07) is 36.9. The number of para-hydroxylation sites is 4. The first kappa shape index (κ1) is 38.0. The molecule has 6 aliphatic carbocycles. The van der Waals surface area contributed by atoms with Crippen LogP contribution in [0.3, 0.4) is 0 Å². The Morgan fingerprint density at radius 3 is 2.35 bits per heavy atom. The van der Waals surface area contributed by atoms with Gasteiger partial charge in [-0.25, -0.2) is 0 Å². The molecule has 7 aliphatic rings. The summed E-state index contributed by atoms with van der Waals surface area (Å²) in [5.74, 6) is 3.10. The number of furan rings is 1. The van der Waals surface area contributed by atoms with Crippen LogP contribution in [-0.2, 0) is 5.41 Å². The van der Waals surface area contributed by atoms with Crippen LogP contribution in [0.2, 0.25) is 0 Å². The van der Waals surface area contributed by atoms with Crippen LogP contribution in [0.1, 0.15) is 75.8 Å². The molecular weight excluding hydrogens is 769 g/mol. The first-order chi connectivity index (χ1) is 30.9. The van der Waals surface area contributed by atoms with E-state index in [0.29, 0.717) is 5.92 Å². The molecule has 0 radical (unpaired) electrons. The smallest absolute Gasteiger partial charge is 0.148 e. The lowest BCUT2D eigenvalue weighted by atomic mass is 9.69. The monoisotopic (exact) mass is 820 g/mol. The molecule has 0 N–H and O–H groups in total. The second-order valence-electron chi connectivity index (χ2n) is 18.7. The van der Waals surface area contributed by atoms with E-state index in [-0.39, 0.29) is 35.3 Å². The van der Waals surface area contributed by atoms with Crippen LogP contribution in [0.15, 0.2) is 207 Å². The van der Waals surface area contributed by atoms with Crippen LogP contribution in [0.25, 0.3) is 17.0 Å². The summed E-state index contributed by atoms with van der Waals surface area (Å²) in [5, 5.41) is 1.17. The average molecular weight is 821 g/mol. The molecule has 4 heteroatoms. The van der Waals surface area contributed by atoms with Gasteiger partial charge in [-0.15, -0.1) is 0 Å². The van der Waals surface area contributed by atoms with Crippen LogP contribution in [0.5, 0.6) is 5.75 Å². The van der Waals surface area contributed by atoms with E-state index in [4.69, 9.17) is 9.15 Å². The SMILES string of the molecule is CC1C2=C(N(c3ccccc3)c3cccc4c3OC3C=CC=CC43C)C=C(C3CCC3)/C1=C/CC1CC(=C=C=C1N(c1ccccc1)C1c3oc4ccccc4c3C=CC1C)C=C2. The molecule has 1 saturated carbocycles. The van der Waals surface area contributed by atoms with Crippen molar-refractivity contribution < 1.29 is 9.15 Å². The summed E-state index contributed by atoms with van der Waals surface area (Å²) < 4.78 is 13.8. The molecule has 2 heterocycles. The summed E-state index contributed by atoms with van der Waals surface area (Å²) >= 11 is 0. The Labute approximate surface area is 371 Å². The Morgan fingerprint density at radius 2 is 1.54 bits per heavy atom. The van der Waals surface area contributed by atoms with E-state index in [1.54, 1.807) is 0 Å². The number of benzene rings is 4. The molecule has 6 atom stereocenters. The average Bonchev–Trinajstić information content (AvgIpc) is 3.82. The zero-order valence-electron chi connectivity index (χ0n) is 36.3. The number of fused-ring (bicyclic) bond motifs is 10. The van der Waals surface area contributed by atoms with Gasteiger partial charge < -0.3 is 19.0 Å². The topological polar surface area (TPSA) is 28.9 Å². The van der Waals surface area contributed by atoms with Gasteiger partial charge in [0.2, 0.25) is 0 Å². The molecule has 63 heavy (non-hydrogen) atoms. The van der Waals surface area contributed by atoms with Gasteiger partial charge in [-0.3, -0.25) is 0 Å². The Kier molecular flexibility index (Phi) is 9.04. The Morgan fingerprint density at radius 1 is 0.746 bits per heavy atom. The largest absolute Gasteiger partial charge is 0.483 e. The third kappa shape index (κ3) is 6.11. The standard InChI is InChI=1S/C59H52N2O2/c1-38-27-31-48-47-22-10-11-25-54(47)62-57(48)56(38)61(44-20-8-5-9-21-44)51-34-29-40-28-32-46-39(2)45(33-30-42(51)36-40)49(41-16-14-17-41)37-53(46)60(43-18-6-4-7-19-43)52-24-15-23-50-58(52)63-55-26-12-13-35-59(50,55)3/h4-13,15,18-28,31-33,35,37-39,41-42,55-56H,14,16-17,30,36H2,1-3H3/b32-28?,45-33+. The van der Waals surface area contributed by atoms with Crippen LogP contribution in [0.4, 0.5) is 17.1 Å². The zero-order chi connectivity index (χ0) is 42.2. The van der Waals surface area contributed by atoms with Crippen molar-refractivity contribution in [2.24, 2.45) is 23.7 Å². The van der Waals surface area contributed by atoms with Gasteiger partial charge in [0.1, 0.15) is 23.2 Å². The number of rotatable bonds is 7. The number of ether oxygens (including phenoxy) is 1. The van der Waals surface area contributed by atoms with Crippen LogP contribution in [0, 0.1) is 23.7 Å². The van der Waals surface area contributed by atoms with Crippen molar-refractivity contribution >= 4 is 34.1 Å². The van der Waals surface area contributed by atoms with Gasteiger partial charge >= 0.3 is 0 Å². The maximum absolute atomic E-state index is 6.97. The molecule has 6 unspecified atom stereocenters. The van der Waals surface area contributed by atoms with E-state index in [9.17, 15) is 0 Å².